The Bertz CT molecular complexity index is 1150. The van der Waals surface area contributed by atoms with Crippen LogP contribution in [-0.4, -0.2) is 27.7 Å². The number of ether oxygens (including phenoxy) is 1. The molecule has 0 amide bonds. The third kappa shape index (κ3) is 4.11. The van der Waals surface area contributed by atoms with E-state index in [2.05, 4.69) is 34.1 Å². The molecule has 0 atom stereocenters. The van der Waals surface area contributed by atoms with Gasteiger partial charge in [0.05, 0.1) is 5.52 Å². The molecule has 6 heteroatoms. The van der Waals surface area contributed by atoms with Crippen molar-refractivity contribution in [3.8, 4) is 0 Å². The third-order valence-corrected chi connectivity index (χ3v) is 5.91. The van der Waals surface area contributed by atoms with E-state index >= 15 is 0 Å². The lowest BCUT2D eigenvalue weighted by atomic mass is 10.1. The predicted octanol–water partition coefficient (Wildman–Crippen LogP) is 4.28. The molecule has 1 aliphatic rings. The zero-order valence-corrected chi connectivity index (χ0v) is 17.4. The first kappa shape index (κ1) is 19.6. The van der Waals surface area contributed by atoms with Crippen LogP contribution in [0.1, 0.15) is 30.0 Å². The summed E-state index contributed by atoms with van der Waals surface area (Å²) in [6.07, 6.45) is 3.51. The number of rotatable bonds is 6. The molecule has 0 aliphatic carbocycles. The van der Waals surface area contributed by atoms with Crippen LogP contribution in [-0.2, 0) is 17.8 Å². The Morgan fingerprint density at radius 3 is 2.16 bits per heavy atom. The highest BCUT2D eigenvalue weighted by Gasteiger charge is 2.23. The summed E-state index contributed by atoms with van der Waals surface area (Å²) in [5.74, 6) is 0.799. The van der Waals surface area contributed by atoms with Crippen molar-refractivity contribution in [2.75, 3.05) is 18.1 Å². The van der Waals surface area contributed by atoms with Gasteiger partial charge in [-0.25, -0.2) is 9.78 Å². The topological polar surface area (TPSA) is 63.2 Å². The molecule has 5 rings (SSSR count). The van der Waals surface area contributed by atoms with Crippen LogP contribution in [0.25, 0.3) is 11.0 Å². The SMILES string of the molecule is O=c1[nH]c2c(N(Cc3ccccc3)Cc3ccccc3)nccc2n1C1CCOCC1. The van der Waals surface area contributed by atoms with Crippen molar-refractivity contribution in [3.05, 3.63) is 94.5 Å². The van der Waals surface area contributed by atoms with Crippen molar-refractivity contribution in [2.24, 2.45) is 0 Å². The average Bonchev–Trinajstić information content (AvgIpc) is 3.16. The van der Waals surface area contributed by atoms with E-state index in [9.17, 15) is 4.79 Å². The van der Waals surface area contributed by atoms with Gasteiger partial charge in [0.1, 0.15) is 5.52 Å². The van der Waals surface area contributed by atoms with Gasteiger partial charge in [-0.2, -0.15) is 0 Å². The molecule has 1 saturated heterocycles. The van der Waals surface area contributed by atoms with E-state index in [0.717, 1.165) is 29.7 Å². The summed E-state index contributed by atoms with van der Waals surface area (Å²) in [6.45, 7) is 2.78. The molecule has 2 aromatic heterocycles. The van der Waals surface area contributed by atoms with E-state index in [0.29, 0.717) is 26.3 Å². The predicted molar refractivity (Wildman–Crippen MR) is 122 cm³/mol. The Hall–Kier alpha value is -3.38. The number of hydrogen-bond donors (Lipinski definition) is 1. The maximum Gasteiger partial charge on any atom is 0.326 e. The van der Waals surface area contributed by atoms with E-state index in [-0.39, 0.29) is 11.7 Å². The fourth-order valence-electron chi connectivity index (χ4n) is 4.40. The molecule has 0 unspecified atom stereocenters. The quantitative estimate of drug-likeness (QED) is 0.511. The number of aromatic amines is 1. The Morgan fingerprint density at radius 1 is 0.935 bits per heavy atom. The molecule has 6 nitrogen and oxygen atoms in total. The molecule has 1 N–H and O–H groups in total. The second kappa shape index (κ2) is 8.78. The molecule has 4 aromatic rings. The average molecular weight is 415 g/mol. The maximum absolute atomic E-state index is 12.9. The minimum absolute atomic E-state index is 0.0736. The van der Waals surface area contributed by atoms with Crippen molar-refractivity contribution in [1.29, 1.82) is 0 Å². The Labute approximate surface area is 181 Å². The molecule has 158 valence electrons. The van der Waals surface area contributed by atoms with Gasteiger partial charge in [-0.1, -0.05) is 60.7 Å². The van der Waals surface area contributed by atoms with Crippen LogP contribution in [0.15, 0.2) is 77.7 Å². The molecule has 0 saturated carbocycles. The summed E-state index contributed by atoms with van der Waals surface area (Å²) in [6, 6.07) is 22.8. The molecular weight excluding hydrogens is 388 g/mol. The van der Waals surface area contributed by atoms with Crippen LogP contribution >= 0.6 is 0 Å². The van der Waals surface area contributed by atoms with Gasteiger partial charge >= 0.3 is 5.69 Å². The van der Waals surface area contributed by atoms with E-state index < -0.39 is 0 Å². The second-order valence-corrected chi connectivity index (χ2v) is 8.00. The molecule has 0 bridgehead atoms. The van der Waals surface area contributed by atoms with Gasteiger partial charge in [0.2, 0.25) is 0 Å². The van der Waals surface area contributed by atoms with Gasteiger partial charge in [0, 0.05) is 38.5 Å². The van der Waals surface area contributed by atoms with Gasteiger partial charge in [0.15, 0.2) is 5.82 Å². The zero-order chi connectivity index (χ0) is 21.0. The minimum atomic E-state index is -0.0736. The molecular formula is C25H26N4O2. The first-order chi connectivity index (χ1) is 15.3. The van der Waals surface area contributed by atoms with Gasteiger partial charge in [0.25, 0.3) is 0 Å². The molecule has 1 aliphatic heterocycles. The van der Waals surface area contributed by atoms with Crippen molar-refractivity contribution in [3.63, 3.8) is 0 Å². The van der Waals surface area contributed by atoms with Crippen LogP contribution in [0.4, 0.5) is 5.82 Å². The molecule has 0 radical (unpaired) electrons. The Balaban J connectivity index is 1.58. The van der Waals surface area contributed by atoms with Gasteiger partial charge < -0.3 is 14.6 Å². The first-order valence-electron chi connectivity index (χ1n) is 10.8. The monoisotopic (exact) mass is 414 g/mol. The van der Waals surface area contributed by atoms with E-state index in [1.807, 2.05) is 53.2 Å². The fourth-order valence-corrected chi connectivity index (χ4v) is 4.40. The number of nitrogens with one attached hydrogen (secondary N) is 1. The van der Waals surface area contributed by atoms with Crippen LogP contribution in [0.2, 0.25) is 0 Å². The van der Waals surface area contributed by atoms with Gasteiger partial charge in [-0.15, -0.1) is 0 Å². The number of H-pyrrole nitrogens is 1. The highest BCUT2D eigenvalue weighted by Crippen LogP contribution is 2.29. The van der Waals surface area contributed by atoms with Crippen LogP contribution < -0.4 is 10.6 Å². The number of hydrogen-bond acceptors (Lipinski definition) is 4. The largest absolute Gasteiger partial charge is 0.381 e. The van der Waals surface area contributed by atoms with Crippen molar-refractivity contribution < 1.29 is 4.74 Å². The van der Waals surface area contributed by atoms with Crippen molar-refractivity contribution in [1.82, 2.24) is 14.5 Å². The highest BCUT2D eigenvalue weighted by molar-refractivity contribution is 5.86. The van der Waals surface area contributed by atoms with Crippen LogP contribution in [0.3, 0.4) is 0 Å². The summed E-state index contributed by atoms with van der Waals surface area (Å²) in [5.41, 5.74) is 4.03. The van der Waals surface area contributed by atoms with E-state index in [4.69, 9.17) is 9.72 Å². The van der Waals surface area contributed by atoms with Crippen molar-refractivity contribution in [2.45, 2.75) is 32.0 Å². The maximum atomic E-state index is 12.9. The lowest BCUT2D eigenvalue weighted by molar-refractivity contribution is 0.0698. The molecule has 1 fully saturated rings. The van der Waals surface area contributed by atoms with E-state index in [1.165, 1.54) is 11.1 Å². The van der Waals surface area contributed by atoms with Crippen molar-refractivity contribution >= 4 is 16.9 Å². The van der Waals surface area contributed by atoms with Crippen LogP contribution in [0, 0.1) is 0 Å². The Kier molecular flexibility index (Phi) is 5.54. The number of aromatic nitrogens is 3. The molecule has 0 spiro atoms. The normalized spacial score (nSPS) is 14.7. The fraction of sp³-hybridized carbons (Fsp3) is 0.280. The smallest absolute Gasteiger partial charge is 0.326 e. The van der Waals surface area contributed by atoms with Crippen LogP contribution in [0.5, 0.6) is 0 Å². The number of benzene rings is 2. The number of imidazole rings is 1. The summed E-state index contributed by atoms with van der Waals surface area (Å²) in [4.78, 5) is 23.0. The minimum Gasteiger partial charge on any atom is -0.381 e. The number of pyridine rings is 1. The third-order valence-electron chi connectivity index (χ3n) is 5.91. The molecule has 2 aromatic carbocycles. The number of nitrogens with zero attached hydrogens (tertiary/aromatic N) is 3. The number of fused-ring (bicyclic) bond motifs is 1. The summed E-state index contributed by atoms with van der Waals surface area (Å²) >= 11 is 0. The Morgan fingerprint density at radius 2 is 1.55 bits per heavy atom. The summed E-state index contributed by atoms with van der Waals surface area (Å²) in [5, 5.41) is 0. The molecule has 31 heavy (non-hydrogen) atoms. The summed E-state index contributed by atoms with van der Waals surface area (Å²) < 4.78 is 7.39. The number of anilines is 1. The second-order valence-electron chi connectivity index (χ2n) is 8.00. The lowest BCUT2D eigenvalue weighted by Crippen LogP contribution is -2.27. The molecule has 3 heterocycles. The lowest BCUT2D eigenvalue weighted by Gasteiger charge is -2.25. The zero-order valence-electron chi connectivity index (χ0n) is 17.4. The van der Waals surface area contributed by atoms with Gasteiger partial charge in [-0.3, -0.25) is 4.57 Å². The van der Waals surface area contributed by atoms with Gasteiger partial charge in [-0.05, 0) is 30.0 Å². The summed E-state index contributed by atoms with van der Waals surface area (Å²) in [7, 11) is 0. The standard InChI is InChI=1S/C25H26N4O2/c30-25-27-23-22(29(25)21-12-15-31-16-13-21)11-14-26-24(23)28(17-19-7-3-1-4-8-19)18-20-9-5-2-6-10-20/h1-11,14,21H,12-13,15-18H2,(H,27,30). The highest BCUT2D eigenvalue weighted by atomic mass is 16.5. The van der Waals surface area contributed by atoms with E-state index in [1.54, 1.807) is 0 Å². The first-order valence-corrected chi connectivity index (χ1v) is 10.8.